The Kier molecular flexibility index (Phi) is 4.93. The minimum atomic E-state index is -0.111. The number of hydrogen-bond acceptors (Lipinski definition) is 3. The van der Waals surface area contributed by atoms with Crippen LogP contribution in [0.3, 0.4) is 0 Å². The maximum absolute atomic E-state index is 12.3. The number of nitrogens with zero attached hydrogens (tertiary/aromatic N) is 1. The first-order chi connectivity index (χ1) is 11.2. The second-order valence-corrected chi connectivity index (χ2v) is 6.11. The summed E-state index contributed by atoms with van der Waals surface area (Å²) in [5.74, 6) is -0.111. The Labute approximate surface area is 137 Å². The van der Waals surface area contributed by atoms with Crippen molar-refractivity contribution in [3.63, 3.8) is 0 Å². The summed E-state index contributed by atoms with van der Waals surface area (Å²) in [6.07, 6.45) is 3.93. The Morgan fingerprint density at radius 3 is 2.48 bits per heavy atom. The molecule has 4 heteroatoms. The molecule has 0 aromatic heterocycles. The highest BCUT2D eigenvalue weighted by Gasteiger charge is 2.11. The molecule has 1 saturated heterocycles. The predicted octanol–water partition coefficient (Wildman–Crippen LogP) is 3.51. The fourth-order valence-corrected chi connectivity index (χ4v) is 2.96. The lowest BCUT2D eigenvalue weighted by molar-refractivity contribution is 0.102. The second kappa shape index (κ2) is 7.29. The molecule has 3 N–H and O–H groups in total. The highest BCUT2D eigenvalue weighted by molar-refractivity contribution is 6.04. The summed E-state index contributed by atoms with van der Waals surface area (Å²) in [4.78, 5) is 14.7. The number of benzene rings is 2. The number of hydrogen-bond donors (Lipinski definition) is 2. The number of rotatable bonds is 4. The molecule has 2 aromatic rings. The first-order valence-corrected chi connectivity index (χ1v) is 8.19. The van der Waals surface area contributed by atoms with Gasteiger partial charge >= 0.3 is 0 Å². The lowest BCUT2D eigenvalue weighted by Crippen LogP contribution is -2.29. The van der Waals surface area contributed by atoms with E-state index >= 15 is 0 Å². The van der Waals surface area contributed by atoms with Gasteiger partial charge in [-0.2, -0.15) is 0 Å². The third-order valence-corrected chi connectivity index (χ3v) is 4.22. The Hall–Kier alpha value is -2.33. The second-order valence-electron chi connectivity index (χ2n) is 6.11. The summed E-state index contributed by atoms with van der Waals surface area (Å²) in [6.45, 7) is 3.33. The number of amides is 1. The summed E-state index contributed by atoms with van der Waals surface area (Å²) >= 11 is 0. The lowest BCUT2D eigenvalue weighted by atomic mass is 10.1. The van der Waals surface area contributed by atoms with Crippen molar-refractivity contribution in [1.29, 1.82) is 0 Å². The van der Waals surface area contributed by atoms with E-state index in [0.717, 1.165) is 6.54 Å². The van der Waals surface area contributed by atoms with Crippen molar-refractivity contribution in [2.75, 3.05) is 24.1 Å². The van der Waals surface area contributed by atoms with Gasteiger partial charge in [0.2, 0.25) is 0 Å². The Morgan fingerprint density at radius 1 is 1.04 bits per heavy atom. The molecule has 0 aliphatic carbocycles. The zero-order valence-electron chi connectivity index (χ0n) is 13.3. The summed E-state index contributed by atoms with van der Waals surface area (Å²) in [6, 6.07) is 15.1. The van der Waals surface area contributed by atoms with Gasteiger partial charge in [-0.05, 0) is 61.8 Å². The van der Waals surface area contributed by atoms with Crippen molar-refractivity contribution < 1.29 is 4.79 Å². The van der Waals surface area contributed by atoms with Crippen LogP contribution in [-0.4, -0.2) is 23.9 Å². The average molecular weight is 309 g/mol. The van der Waals surface area contributed by atoms with E-state index in [9.17, 15) is 4.79 Å². The number of carbonyl (C=O) groups is 1. The van der Waals surface area contributed by atoms with Crippen molar-refractivity contribution in [3.8, 4) is 0 Å². The Morgan fingerprint density at radius 2 is 1.78 bits per heavy atom. The first kappa shape index (κ1) is 15.6. The number of carbonyl (C=O) groups excluding carboxylic acids is 1. The predicted molar refractivity (Wildman–Crippen MR) is 94.4 cm³/mol. The third kappa shape index (κ3) is 4.33. The van der Waals surface area contributed by atoms with E-state index in [4.69, 9.17) is 5.73 Å². The van der Waals surface area contributed by atoms with Crippen LogP contribution in [0.2, 0.25) is 0 Å². The lowest BCUT2D eigenvalue weighted by Gasteiger charge is -2.26. The van der Waals surface area contributed by atoms with E-state index in [0.29, 0.717) is 16.9 Å². The molecule has 120 valence electrons. The Bertz CT molecular complexity index is 661. The van der Waals surface area contributed by atoms with Crippen LogP contribution < -0.4 is 11.1 Å². The van der Waals surface area contributed by atoms with Crippen LogP contribution in [0.4, 0.5) is 11.4 Å². The fourth-order valence-electron chi connectivity index (χ4n) is 2.96. The molecule has 0 saturated carbocycles. The topological polar surface area (TPSA) is 58.4 Å². The summed E-state index contributed by atoms with van der Waals surface area (Å²) < 4.78 is 0. The van der Waals surface area contributed by atoms with Crippen molar-refractivity contribution in [2.45, 2.75) is 25.8 Å². The number of anilines is 2. The molecule has 1 heterocycles. The summed E-state index contributed by atoms with van der Waals surface area (Å²) in [7, 11) is 0. The molecule has 2 aromatic carbocycles. The molecule has 1 aliphatic heterocycles. The Balaban J connectivity index is 1.60. The number of likely N-dealkylation sites (tertiary alicyclic amines) is 1. The van der Waals surface area contributed by atoms with Crippen LogP contribution in [0, 0.1) is 0 Å². The van der Waals surface area contributed by atoms with Crippen molar-refractivity contribution in [2.24, 2.45) is 0 Å². The van der Waals surface area contributed by atoms with Gasteiger partial charge < -0.3 is 11.1 Å². The number of nitrogens with one attached hydrogen (secondary N) is 1. The van der Waals surface area contributed by atoms with Gasteiger partial charge in [0.15, 0.2) is 0 Å². The van der Waals surface area contributed by atoms with E-state index in [2.05, 4.69) is 10.2 Å². The van der Waals surface area contributed by atoms with E-state index in [1.807, 2.05) is 36.4 Å². The molecule has 4 nitrogen and oxygen atoms in total. The quantitative estimate of drug-likeness (QED) is 0.850. The van der Waals surface area contributed by atoms with Gasteiger partial charge in [-0.15, -0.1) is 0 Å². The van der Waals surface area contributed by atoms with Gasteiger partial charge in [0.1, 0.15) is 0 Å². The molecule has 0 spiro atoms. The van der Waals surface area contributed by atoms with Crippen LogP contribution in [0.1, 0.15) is 35.2 Å². The number of nitrogens with two attached hydrogens (primary N) is 1. The van der Waals surface area contributed by atoms with Crippen LogP contribution >= 0.6 is 0 Å². The van der Waals surface area contributed by atoms with Gasteiger partial charge in [0, 0.05) is 23.5 Å². The molecule has 0 unspecified atom stereocenters. The largest absolute Gasteiger partial charge is 0.399 e. The molecule has 1 fully saturated rings. The van der Waals surface area contributed by atoms with E-state index in [1.165, 1.54) is 37.9 Å². The molecule has 1 aliphatic rings. The van der Waals surface area contributed by atoms with Gasteiger partial charge in [-0.1, -0.05) is 24.6 Å². The molecular weight excluding hydrogens is 286 g/mol. The maximum atomic E-state index is 12.3. The van der Waals surface area contributed by atoms with Gasteiger partial charge in [-0.3, -0.25) is 9.69 Å². The summed E-state index contributed by atoms with van der Waals surface area (Å²) in [5.41, 5.74) is 9.00. The molecule has 0 atom stereocenters. The van der Waals surface area contributed by atoms with E-state index < -0.39 is 0 Å². The third-order valence-electron chi connectivity index (χ3n) is 4.22. The molecule has 3 rings (SSSR count). The van der Waals surface area contributed by atoms with Crippen LogP contribution in [0.15, 0.2) is 48.5 Å². The summed E-state index contributed by atoms with van der Waals surface area (Å²) in [5, 5.41) is 2.87. The minimum Gasteiger partial charge on any atom is -0.399 e. The normalized spacial score (nSPS) is 15.3. The number of piperidine rings is 1. The number of nitrogen functional groups attached to an aromatic ring is 1. The van der Waals surface area contributed by atoms with Crippen LogP contribution in [0.5, 0.6) is 0 Å². The smallest absolute Gasteiger partial charge is 0.255 e. The SMILES string of the molecule is Nc1cccc(NC(=O)c2ccc(CN3CCCCC3)cc2)c1. The standard InChI is InChI=1S/C19H23N3O/c20-17-5-4-6-18(13-17)21-19(23)16-9-7-15(8-10-16)14-22-11-2-1-3-12-22/h4-10,13H,1-3,11-12,14,20H2,(H,21,23). The average Bonchev–Trinajstić information content (AvgIpc) is 2.56. The molecule has 0 radical (unpaired) electrons. The monoisotopic (exact) mass is 309 g/mol. The molecule has 1 amide bonds. The van der Waals surface area contributed by atoms with Crippen molar-refractivity contribution in [1.82, 2.24) is 4.90 Å². The zero-order valence-corrected chi connectivity index (χ0v) is 13.3. The molecular formula is C19H23N3O. The van der Waals surface area contributed by atoms with Gasteiger partial charge in [0.05, 0.1) is 0 Å². The molecule has 23 heavy (non-hydrogen) atoms. The van der Waals surface area contributed by atoms with E-state index in [-0.39, 0.29) is 5.91 Å². The van der Waals surface area contributed by atoms with Gasteiger partial charge in [-0.25, -0.2) is 0 Å². The zero-order chi connectivity index (χ0) is 16.1. The first-order valence-electron chi connectivity index (χ1n) is 8.19. The van der Waals surface area contributed by atoms with Crippen LogP contribution in [-0.2, 0) is 6.54 Å². The van der Waals surface area contributed by atoms with Crippen molar-refractivity contribution >= 4 is 17.3 Å². The highest BCUT2D eigenvalue weighted by atomic mass is 16.1. The molecule has 0 bridgehead atoms. The minimum absolute atomic E-state index is 0.111. The van der Waals surface area contributed by atoms with E-state index in [1.54, 1.807) is 12.1 Å². The fraction of sp³-hybridized carbons (Fsp3) is 0.316. The highest BCUT2D eigenvalue weighted by Crippen LogP contribution is 2.16. The van der Waals surface area contributed by atoms with Crippen molar-refractivity contribution in [3.05, 3.63) is 59.7 Å². The van der Waals surface area contributed by atoms with Gasteiger partial charge in [0.25, 0.3) is 5.91 Å². The van der Waals surface area contributed by atoms with Crippen LogP contribution in [0.25, 0.3) is 0 Å². The maximum Gasteiger partial charge on any atom is 0.255 e.